The van der Waals surface area contributed by atoms with Gasteiger partial charge in [-0.15, -0.1) is 21.5 Å². The third kappa shape index (κ3) is 4.78. The van der Waals surface area contributed by atoms with Gasteiger partial charge in [-0.3, -0.25) is 9.36 Å². The number of carbonyl (C=O) groups is 1. The van der Waals surface area contributed by atoms with Gasteiger partial charge in [0, 0.05) is 7.05 Å². The molecule has 0 aliphatic heterocycles. The second kappa shape index (κ2) is 9.11. The first-order valence-electron chi connectivity index (χ1n) is 9.11. The SMILES string of the molecule is CN(Cc1ccco1)C(=O)CSc1nnc(-c2cccs2)n1Cc1ccccc1. The lowest BCUT2D eigenvalue weighted by atomic mass is 10.2. The normalized spacial score (nSPS) is 10.9. The van der Waals surface area contributed by atoms with Gasteiger partial charge in [0.15, 0.2) is 11.0 Å². The first-order valence-corrected chi connectivity index (χ1v) is 11.0. The largest absolute Gasteiger partial charge is 0.467 e. The van der Waals surface area contributed by atoms with E-state index in [1.807, 2.05) is 47.8 Å². The summed E-state index contributed by atoms with van der Waals surface area (Å²) in [5.74, 6) is 1.88. The smallest absolute Gasteiger partial charge is 0.233 e. The van der Waals surface area contributed by atoms with Crippen LogP contribution in [0.3, 0.4) is 0 Å². The van der Waals surface area contributed by atoms with Gasteiger partial charge in [0.05, 0.1) is 30.0 Å². The van der Waals surface area contributed by atoms with Crippen molar-refractivity contribution in [1.82, 2.24) is 19.7 Å². The molecule has 148 valence electrons. The minimum Gasteiger partial charge on any atom is -0.467 e. The Morgan fingerprint density at radius 2 is 2.00 bits per heavy atom. The summed E-state index contributed by atoms with van der Waals surface area (Å²) in [4.78, 5) is 15.3. The molecule has 0 spiro atoms. The van der Waals surface area contributed by atoms with Crippen molar-refractivity contribution in [2.45, 2.75) is 18.2 Å². The summed E-state index contributed by atoms with van der Waals surface area (Å²) in [6, 6.07) is 17.9. The zero-order valence-corrected chi connectivity index (χ0v) is 17.5. The van der Waals surface area contributed by atoms with Gasteiger partial charge >= 0.3 is 0 Å². The van der Waals surface area contributed by atoms with E-state index in [-0.39, 0.29) is 11.7 Å². The van der Waals surface area contributed by atoms with E-state index in [0.29, 0.717) is 13.1 Å². The van der Waals surface area contributed by atoms with Gasteiger partial charge < -0.3 is 9.32 Å². The Bertz CT molecular complexity index is 1040. The van der Waals surface area contributed by atoms with Crippen LogP contribution < -0.4 is 0 Å². The summed E-state index contributed by atoms with van der Waals surface area (Å²) < 4.78 is 7.40. The lowest BCUT2D eigenvalue weighted by Gasteiger charge is -2.15. The molecule has 4 aromatic rings. The van der Waals surface area contributed by atoms with Gasteiger partial charge in [0.1, 0.15) is 5.76 Å². The Balaban J connectivity index is 1.50. The fourth-order valence-electron chi connectivity index (χ4n) is 2.85. The van der Waals surface area contributed by atoms with Crippen LogP contribution in [0.1, 0.15) is 11.3 Å². The molecule has 0 N–H and O–H groups in total. The van der Waals surface area contributed by atoms with Crippen LogP contribution in [0.15, 0.2) is 75.8 Å². The van der Waals surface area contributed by atoms with E-state index in [4.69, 9.17) is 4.42 Å². The maximum absolute atomic E-state index is 12.6. The average Bonchev–Trinajstić information content (AvgIpc) is 3.49. The number of thioether (sulfide) groups is 1. The Morgan fingerprint density at radius 3 is 2.72 bits per heavy atom. The molecule has 0 fully saturated rings. The molecule has 29 heavy (non-hydrogen) atoms. The lowest BCUT2D eigenvalue weighted by molar-refractivity contribution is -0.127. The molecule has 1 amide bonds. The molecule has 0 saturated heterocycles. The van der Waals surface area contributed by atoms with Crippen molar-refractivity contribution >= 4 is 29.0 Å². The predicted molar refractivity (Wildman–Crippen MR) is 115 cm³/mol. The quantitative estimate of drug-likeness (QED) is 0.392. The number of rotatable bonds is 8. The van der Waals surface area contributed by atoms with E-state index in [0.717, 1.165) is 27.2 Å². The highest BCUT2D eigenvalue weighted by Gasteiger charge is 2.18. The number of carbonyl (C=O) groups excluding carboxylic acids is 1. The molecule has 1 aromatic carbocycles. The Hall–Kier alpha value is -2.84. The van der Waals surface area contributed by atoms with Crippen LogP contribution in [0.25, 0.3) is 10.7 Å². The number of nitrogens with zero attached hydrogens (tertiary/aromatic N) is 4. The van der Waals surface area contributed by atoms with Gasteiger partial charge in [0.25, 0.3) is 0 Å². The maximum Gasteiger partial charge on any atom is 0.233 e. The number of aromatic nitrogens is 3. The lowest BCUT2D eigenvalue weighted by Crippen LogP contribution is -2.27. The van der Waals surface area contributed by atoms with Crippen molar-refractivity contribution in [2.24, 2.45) is 0 Å². The van der Waals surface area contributed by atoms with Gasteiger partial charge in [-0.25, -0.2) is 0 Å². The number of amides is 1. The average molecular weight is 425 g/mol. The number of furan rings is 1. The summed E-state index contributed by atoms with van der Waals surface area (Å²) in [5, 5.41) is 11.5. The van der Waals surface area contributed by atoms with Crippen molar-refractivity contribution in [3.05, 3.63) is 77.6 Å². The van der Waals surface area contributed by atoms with Gasteiger partial charge in [-0.05, 0) is 29.1 Å². The highest BCUT2D eigenvalue weighted by Crippen LogP contribution is 2.28. The van der Waals surface area contributed by atoms with Gasteiger partial charge in [-0.1, -0.05) is 48.2 Å². The first-order chi connectivity index (χ1) is 14.2. The topological polar surface area (TPSA) is 64.2 Å². The molecule has 3 aromatic heterocycles. The molecule has 0 unspecified atom stereocenters. The highest BCUT2D eigenvalue weighted by atomic mass is 32.2. The summed E-state index contributed by atoms with van der Waals surface area (Å²) >= 11 is 3.03. The van der Waals surface area contributed by atoms with Gasteiger partial charge in [0.2, 0.25) is 5.91 Å². The van der Waals surface area contributed by atoms with Crippen molar-refractivity contribution in [2.75, 3.05) is 12.8 Å². The van der Waals surface area contributed by atoms with E-state index in [1.165, 1.54) is 11.8 Å². The second-order valence-electron chi connectivity index (χ2n) is 6.47. The van der Waals surface area contributed by atoms with E-state index >= 15 is 0 Å². The minimum atomic E-state index is 0.0123. The molecule has 8 heteroatoms. The molecule has 0 aliphatic carbocycles. The molecular weight excluding hydrogens is 404 g/mol. The van der Waals surface area contributed by atoms with Gasteiger partial charge in [-0.2, -0.15) is 0 Å². The van der Waals surface area contributed by atoms with Crippen LogP contribution >= 0.6 is 23.1 Å². The van der Waals surface area contributed by atoms with Crippen molar-refractivity contribution in [1.29, 1.82) is 0 Å². The maximum atomic E-state index is 12.6. The summed E-state index contributed by atoms with van der Waals surface area (Å²) in [7, 11) is 1.77. The Morgan fingerprint density at radius 1 is 1.14 bits per heavy atom. The fraction of sp³-hybridized carbons (Fsp3) is 0.190. The van der Waals surface area contributed by atoms with E-state index in [1.54, 1.807) is 29.5 Å². The molecule has 4 rings (SSSR count). The Kier molecular flexibility index (Phi) is 6.12. The number of benzene rings is 1. The minimum absolute atomic E-state index is 0.0123. The monoisotopic (exact) mass is 424 g/mol. The fourth-order valence-corrected chi connectivity index (χ4v) is 4.45. The zero-order chi connectivity index (χ0) is 20.1. The Labute approximate surface area is 177 Å². The molecule has 0 aliphatic rings. The van der Waals surface area contributed by atoms with Crippen LogP contribution in [0, 0.1) is 0 Å². The summed E-state index contributed by atoms with van der Waals surface area (Å²) in [5.41, 5.74) is 1.16. The molecule has 6 nitrogen and oxygen atoms in total. The van der Waals surface area contributed by atoms with Crippen molar-refractivity contribution in [3.63, 3.8) is 0 Å². The molecule has 0 saturated carbocycles. The van der Waals surface area contributed by atoms with E-state index < -0.39 is 0 Å². The van der Waals surface area contributed by atoms with Crippen LogP contribution in [0.4, 0.5) is 0 Å². The molecule has 3 heterocycles. The number of thiophene rings is 1. The molecular formula is C21H20N4O2S2. The number of hydrogen-bond acceptors (Lipinski definition) is 6. The summed E-state index contributed by atoms with van der Waals surface area (Å²) in [6.07, 6.45) is 1.61. The predicted octanol–water partition coefficient (Wildman–Crippen LogP) is 4.40. The highest BCUT2D eigenvalue weighted by molar-refractivity contribution is 7.99. The zero-order valence-electron chi connectivity index (χ0n) is 15.9. The van der Waals surface area contributed by atoms with E-state index in [9.17, 15) is 4.79 Å². The molecule has 0 atom stereocenters. The van der Waals surface area contributed by atoms with Crippen LogP contribution in [0.2, 0.25) is 0 Å². The van der Waals surface area contributed by atoms with E-state index in [2.05, 4.69) is 26.9 Å². The van der Waals surface area contributed by atoms with Crippen molar-refractivity contribution in [3.8, 4) is 10.7 Å². The van der Waals surface area contributed by atoms with Crippen LogP contribution in [-0.2, 0) is 17.9 Å². The van der Waals surface area contributed by atoms with Crippen molar-refractivity contribution < 1.29 is 9.21 Å². The first kappa shape index (κ1) is 19.5. The third-order valence-electron chi connectivity index (χ3n) is 4.37. The third-order valence-corrected chi connectivity index (χ3v) is 6.18. The van der Waals surface area contributed by atoms with Crippen LogP contribution in [0.5, 0.6) is 0 Å². The molecule has 0 bridgehead atoms. The summed E-state index contributed by atoms with van der Waals surface area (Å²) in [6.45, 7) is 1.10. The standard InChI is InChI=1S/C21H20N4O2S2/c1-24(14-17-9-5-11-27-17)19(26)15-29-21-23-22-20(18-10-6-12-28-18)25(21)13-16-7-3-2-4-8-16/h2-12H,13-15H2,1H3. The number of hydrogen-bond donors (Lipinski definition) is 0. The molecule has 0 radical (unpaired) electrons. The van der Waals surface area contributed by atoms with Crippen LogP contribution in [-0.4, -0.2) is 38.4 Å². The second-order valence-corrected chi connectivity index (χ2v) is 8.36.